The fourth-order valence-corrected chi connectivity index (χ4v) is 3.73. The summed E-state index contributed by atoms with van der Waals surface area (Å²) in [5.41, 5.74) is 2.91. The molecule has 1 aromatic carbocycles. The molecule has 3 rings (SSSR count). The molecule has 102 valence electrons. The van der Waals surface area contributed by atoms with Gasteiger partial charge in [-0.1, -0.05) is 12.1 Å². The predicted molar refractivity (Wildman–Crippen MR) is 85.4 cm³/mol. The number of benzene rings is 1. The number of aryl methyl sites for hydroxylation is 1. The first kappa shape index (κ1) is 13.5. The van der Waals surface area contributed by atoms with Crippen LogP contribution >= 0.6 is 33.9 Å². The highest BCUT2D eigenvalue weighted by Gasteiger charge is 2.13. The SMILES string of the molecule is Cc1cc(C(=O)O)nn1Cc1cccc2sc(I)nc12. The number of rotatable bonds is 3. The Morgan fingerprint density at radius 3 is 3.00 bits per heavy atom. The molecule has 0 saturated carbocycles. The number of fused-ring (bicyclic) bond motifs is 1. The van der Waals surface area contributed by atoms with Crippen LogP contribution in [0.25, 0.3) is 10.2 Å². The van der Waals surface area contributed by atoms with Crippen LogP contribution in [0, 0.1) is 9.94 Å². The third-order valence-corrected chi connectivity index (χ3v) is 4.71. The molecular formula is C13H10IN3O2S. The van der Waals surface area contributed by atoms with Gasteiger partial charge in [-0.2, -0.15) is 5.10 Å². The largest absolute Gasteiger partial charge is 0.476 e. The van der Waals surface area contributed by atoms with Gasteiger partial charge in [0.1, 0.15) is 0 Å². The van der Waals surface area contributed by atoms with E-state index in [2.05, 4.69) is 32.7 Å². The van der Waals surface area contributed by atoms with E-state index in [1.165, 1.54) is 0 Å². The summed E-state index contributed by atoms with van der Waals surface area (Å²) in [6.07, 6.45) is 0. The second-order valence-corrected chi connectivity index (χ2v) is 7.15. The molecule has 7 heteroatoms. The Morgan fingerprint density at radius 2 is 2.30 bits per heavy atom. The van der Waals surface area contributed by atoms with Crippen LogP contribution in [0.3, 0.4) is 0 Å². The van der Waals surface area contributed by atoms with Crippen molar-refractivity contribution in [3.05, 3.63) is 44.2 Å². The molecule has 0 atom stereocenters. The Bertz CT molecular complexity index is 809. The monoisotopic (exact) mass is 399 g/mol. The number of aromatic carboxylic acids is 1. The normalized spacial score (nSPS) is 11.1. The number of hydrogen-bond donors (Lipinski definition) is 1. The summed E-state index contributed by atoms with van der Waals surface area (Å²) in [4.78, 5) is 15.5. The quantitative estimate of drug-likeness (QED) is 0.688. The fourth-order valence-electron chi connectivity index (χ4n) is 2.04. The van der Waals surface area contributed by atoms with Gasteiger partial charge in [-0.3, -0.25) is 4.68 Å². The fraction of sp³-hybridized carbons (Fsp3) is 0.154. The molecule has 0 radical (unpaired) electrons. The van der Waals surface area contributed by atoms with Crippen molar-refractivity contribution in [3.8, 4) is 0 Å². The molecule has 0 fully saturated rings. The van der Waals surface area contributed by atoms with E-state index in [1.54, 1.807) is 22.1 Å². The minimum atomic E-state index is -1.01. The summed E-state index contributed by atoms with van der Waals surface area (Å²) in [7, 11) is 0. The molecule has 3 aromatic rings. The van der Waals surface area contributed by atoms with E-state index < -0.39 is 5.97 Å². The molecule has 5 nitrogen and oxygen atoms in total. The van der Waals surface area contributed by atoms with Crippen molar-refractivity contribution >= 4 is 50.1 Å². The second-order valence-electron chi connectivity index (χ2n) is 4.36. The highest BCUT2D eigenvalue weighted by atomic mass is 127. The molecule has 0 amide bonds. The summed E-state index contributed by atoms with van der Waals surface area (Å²) in [6, 6.07) is 7.60. The number of halogens is 1. The predicted octanol–water partition coefficient (Wildman–Crippen LogP) is 3.15. The van der Waals surface area contributed by atoms with Crippen LogP contribution in [0.4, 0.5) is 0 Å². The molecule has 2 heterocycles. The van der Waals surface area contributed by atoms with Crippen LogP contribution in [-0.4, -0.2) is 25.8 Å². The van der Waals surface area contributed by atoms with Gasteiger partial charge < -0.3 is 5.11 Å². The molecule has 0 aliphatic rings. The van der Waals surface area contributed by atoms with E-state index in [0.29, 0.717) is 6.54 Å². The van der Waals surface area contributed by atoms with E-state index in [0.717, 1.165) is 24.5 Å². The first-order valence-corrected chi connectivity index (χ1v) is 7.76. The van der Waals surface area contributed by atoms with Crippen molar-refractivity contribution in [1.29, 1.82) is 0 Å². The minimum absolute atomic E-state index is 0.0718. The zero-order valence-corrected chi connectivity index (χ0v) is 13.5. The standard InChI is InChI=1S/C13H10IN3O2S/c1-7-5-9(12(18)19)16-17(7)6-8-3-2-4-10-11(8)15-13(14)20-10/h2-5H,6H2,1H3,(H,18,19). The average molecular weight is 399 g/mol. The van der Waals surface area contributed by atoms with Gasteiger partial charge in [0.2, 0.25) is 0 Å². The van der Waals surface area contributed by atoms with Crippen molar-refractivity contribution < 1.29 is 9.90 Å². The van der Waals surface area contributed by atoms with Crippen LogP contribution in [0.1, 0.15) is 21.7 Å². The number of thiazole rings is 1. The first-order chi connectivity index (χ1) is 9.54. The van der Waals surface area contributed by atoms with Gasteiger partial charge in [-0.05, 0) is 41.6 Å². The van der Waals surface area contributed by atoms with E-state index >= 15 is 0 Å². The van der Waals surface area contributed by atoms with Crippen LogP contribution in [0.2, 0.25) is 0 Å². The first-order valence-electron chi connectivity index (χ1n) is 5.86. The van der Waals surface area contributed by atoms with Crippen LogP contribution in [0.15, 0.2) is 24.3 Å². The molecule has 0 aliphatic heterocycles. The lowest BCUT2D eigenvalue weighted by atomic mass is 10.2. The van der Waals surface area contributed by atoms with Crippen molar-refractivity contribution in [2.45, 2.75) is 13.5 Å². The highest BCUT2D eigenvalue weighted by Crippen LogP contribution is 2.26. The van der Waals surface area contributed by atoms with E-state index in [-0.39, 0.29) is 5.69 Å². The average Bonchev–Trinajstić information content (AvgIpc) is 2.93. The number of carboxylic acid groups (broad SMARTS) is 1. The lowest BCUT2D eigenvalue weighted by Crippen LogP contribution is -2.06. The van der Waals surface area contributed by atoms with E-state index in [4.69, 9.17) is 5.11 Å². The molecule has 0 saturated heterocycles. The molecule has 20 heavy (non-hydrogen) atoms. The lowest BCUT2D eigenvalue weighted by molar-refractivity contribution is 0.0689. The summed E-state index contributed by atoms with van der Waals surface area (Å²) in [5, 5.41) is 13.1. The Kier molecular flexibility index (Phi) is 3.47. The van der Waals surface area contributed by atoms with Crippen LogP contribution in [0.5, 0.6) is 0 Å². The van der Waals surface area contributed by atoms with Gasteiger partial charge in [0.05, 0.1) is 16.8 Å². The van der Waals surface area contributed by atoms with Gasteiger partial charge in [-0.15, -0.1) is 11.3 Å². The number of para-hydroxylation sites is 1. The molecule has 0 bridgehead atoms. The zero-order chi connectivity index (χ0) is 14.3. The van der Waals surface area contributed by atoms with Gasteiger partial charge in [0.25, 0.3) is 0 Å². The maximum absolute atomic E-state index is 10.9. The number of hydrogen-bond acceptors (Lipinski definition) is 4. The van der Waals surface area contributed by atoms with Crippen LogP contribution in [-0.2, 0) is 6.54 Å². The Hall–Kier alpha value is -1.48. The zero-order valence-electron chi connectivity index (χ0n) is 10.5. The second kappa shape index (κ2) is 5.13. The van der Waals surface area contributed by atoms with Crippen molar-refractivity contribution in [2.75, 3.05) is 0 Å². The molecule has 0 spiro atoms. The maximum atomic E-state index is 10.9. The third-order valence-electron chi connectivity index (χ3n) is 3.00. The Balaban J connectivity index is 2.03. The number of nitrogens with zero attached hydrogens (tertiary/aromatic N) is 3. The lowest BCUT2D eigenvalue weighted by Gasteiger charge is -2.05. The topological polar surface area (TPSA) is 68.0 Å². The number of carbonyl (C=O) groups is 1. The van der Waals surface area contributed by atoms with Crippen LogP contribution < -0.4 is 0 Å². The number of carboxylic acids is 1. The van der Waals surface area contributed by atoms with Gasteiger partial charge in [-0.25, -0.2) is 9.78 Å². The van der Waals surface area contributed by atoms with Gasteiger partial charge in [0, 0.05) is 11.3 Å². The summed E-state index contributed by atoms with van der Waals surface area (Å²) in [5.74, 6) is -1.01. The molecule has 1 N–H and O–H groups in total. The van der Waals surface area contributed by atoms with Crippen molar-refractivity contribution in [3.63, 3.8) is 0 Å². The third kappa shape index (κ3) is 2.42. The summed E-state index contributed by atoms with van der Waals surface area (Å²) in [6.45, 7) is 2.38. The maximum Gasteiger partial charge on any atom is 0.356 e. The van der Waals surface area contributed by atoms with Gasteiger partial charge >= 0.3 is 5.97 Å². The molecule has 0 aliphatic carbocycles. The molecule has 2 aromatic heterocycles. The van der Waals surface area contributed by atoms with E-state index in [1.807, 2.05) is 25.1 Å². The number of aromatic nitrogens is 3. The highest BCUT2D eigenvalue weighted by molar-refractivity contribution is 14.1. The van der Waals surface area contributed by atoms with Crippen molar-refractivity contribution in [1.82, 2.24) is 14.8 Å². The Morgan fingerprint density at radius 1 is 1.50 bits per heavy atom. The molecule has 0 unspecified atom stereocenters. The minimum Gasteiger partial charge on any atom is -0.476 e. The Labute approximate surface area is 132 Å². The molecular weight excluding hydrogens is 389 g/mol. The smallest absolute Gasteiger partial charge is 0.356 e. The van der Waals surface area contributed by atoms with E-state index in [9.17, 15) is 4.79 Å². The van der Waals surface area contributed by atoms with Gasteiger partial charge in [0.15, 0.2) is 8.71 Å². The summed E-state index contributed by atoms with van der Waals surface area (Å²) < 4.78 is 3.83. The summed E-state index contributed by atoms with van der Waals surface area (Å²) >= 11 is 3.85. The van der Waals surface area contributed by atoms with Crippen molar-refractivity contribution in [2.24, 2.45) is 0 Å².